The molecule has 0 rings (SSSR count). The molecule has 0 aliphatic carbocycles. The molecule has 460 valence electrons. The third kappa shape index (κ3) is 66.6. The standard InChI is InChI=1S/C73H138O5/c1-3-5-7-9-11-13-15-17-19-21-23-25-27-29-30-31-32-33-34-35-36-37-38-39-40-41-42-44-45-47-49-51-53-55-57-59-61-63-65-67-72(75)77-70-71(69-74)78-73(76)68-66-64-62-60-58-56-54-52-50-48-46-43-28-26-24-22-20-18-16-14-12-10-8-6-4-2/h16,18,21-24,71,74H,3-15,17,19-20,25-70H2,1-2H3/b18-16-,23-21-,24-22-. The van der Waals surface area contributed by atoms with Gasteiger partial charge < -0.3 is 14.6 Å². The highest BCUT2D eigenvalue weighted by atomic mass is 16.6. The summed E-state index contributed by atoms with van der Waals surface area (Å²) in [4.78, 5) is 24.6. The van der Waals surface area contributed by atoms with Gasteiger partial charge in [0.15, 0.2) is 6.10 Å². The van der Waals surface area contributed by atoms with Crippen LogP contribution in [0.3, 0.4) is 0 Å². The first-order valence-corrected chi connectivity index (χ1v) is 35.5. The number of unbranched alkanes of at least 4 members (excludes halogenated alkanes) is 53. The van der Waals surface area contributed by atoms with E-state index in [9.17, 15) is 14.7 Å². The summed E-state index contributed by atoms with van der Waals surface area (Å²) in [5, 5.41) is 9.69. The Morgan fingerprint density at radius 3 is 0.769 bits per heavy atom. The van der Waals surface area contributed by atoms with Crippen LogP contribution in [0, 0.1) is 0 Å². The topological polar surface area (TPSA) is 72.8 Å². The van der Waals surface area contributed by atoms with Crippen molar-refractivity contribution in [2.45, 2.75) is 405 Å². The van der Waals surface area contributed by atoms with E-state index in [0.717, 1.165) is 38.5 Å². The fraction of sp³-hybridized carbons (Fsp3) is 0.890. The van der Waals surface area contributed by atoms with Crippen LogP contribution in [0.15, 0.2) is 36.5 Å². The summed E-state index contributed by atoms with van der Waals surface area (Å²) in [6, 6.07) is 0. The van der Waals surface area contributed by atoms with E-state index in [0.29, 0.717) is 12.8 Å². The lowest BCUT2D eigenvalue weighted by molar-refractivity contribution is -0.161. The average Bonchev–Trinajstić information content (AvgIpc) is 3.44. The lowest BCUT2D eigenvalue weighted by Crippen LogP contribution is -2.28. The highest BCUT2D eigenvalue weighted by Gasteiger charge is 2.16. The summed E-state index contributed by atoms with van der Waals surface area (Å²) in [5.74, 6) is -0.569. The molecule has 0 aromatic heterocycles. The van der Waals surface area contributed by atoms with E-state index >= 15 is 0 Å². The van der Waals surface area contributed by atoms with Crippen LogP contribution in [0.2, 0.25) is 0 Å². The van der Waals surface area contributed by atoms with Crippen LogP contribution in [0.1, 0.15) is 399 Å². The SMILES string of the molecule is CCCCCCC/C=C\C/C=C\CCCCCCCCCCCCCCCC(=O)OC(CO)COC(=O)CCCCCCCCCCCCCCCCCCCCCCCCCCCCC/C=C\CCCCCCCCCC. The van der Waals surface area contributed by atoms with Crippen LogP contribution < -0.4 is 0 Å². The van der Waals surface area contributed by atoms with Crippen LogP contribution in [0.4, 0.5) is 0 Å². The fourth-order valence-corrected chi connectivity index (χ4v) is 11.1. The minimum atomic E-state index is -0.771. The van der Waals surface area contributed by atoms with Gasteiger partial charge in [0.05, 0.1) is 6.61 Å². The Morgan fingerprint density at radius 1 is 0.295 bits per heavy atom. The third-order valence-electron chi connectivity index (χ3n) is 16.4. The highest BCUT2D eigenvalue weighted by Crippen LogP contribution is 2.19. The molecule has 0 heterocycles. The lowest BCUT2D eigenvalue weighted by atomic mass is 10.0. The molecule has 0 aliphatic heterocycles. The van der Waals surface area contributed by atoms with Crippen LogP contribution in [0.25, 0.3) is 0 Å². The Morgan fingerprint density at radius 2 is 0.513 bits per heavy atom. The molecule has 0 amide bonds. The molecule has 1 unspecified atom stereocenters. The Balaban J connectivity index is 3.37. The zero-order chi connectivity index (χ0) is 56.2. The van der Waals surface area contributed by atoms with Crippen molar-refractivity contribution < 1.29 is 24.2 Å². The molecule has 5 nitrogen and oxygen atoms in total. The number of allylic oxidation sites excluding steroid dienone is 6. The van der Waals surface area contributed by atoms with E-state index in [4.69, 9.17) is 9.47 Å². The van der Waals surface area contributed by atoms with Crippen molar-refractivity contribution in [2.75, 3.05) is 13.2 Å². The van der Waals surface area contributed by atoms with Gasteiger partial charge in [0.2, 0.25) is 0 Å². The van der Waals surface area contributed by atoms with Gasteiger partial charge in [-0.1, -0.05) is 352 Å². The van der Waals surface area contributed by atoms with Crippen LogP contribution in [0.5, 0.6) is 0 Å². The fourth-order valence-electron chi connectivity index (χ4n) is 11.1. The number of aliphatic hydroxyl groups is 1. The predicted molar refractivity (Wildman–Crippen MR) is 344 cm³/mol. The van der Waals surface area contributed by atoms with Gasteiger partial charge in [-0.25, -0.2) is 0 Å². The maximum atomic E-state index is 12.3. The van der Waals surface area contributed by atoms with E-state index in [1.54, 1.807) is 0 Å². The van der Waals surface area contributed by atoms with Crippen molar-refractivity contribution in [2.24, 2.45) is 0 Å². The second-order valence-electron chi connectivity index (χ2n) is 24.3. The zero-order valence-electron chi connectivity index (χ0n) is 53.0. The second-order valence-corrected chi connectivity index (χ2v) is 24.3. The van der Waals surface area contributed by atoms with Crippen molar-refractivity contribution in [1.29, 1.82) is 0 Å². The predicted octanol–water partition coefficient (Wildman–Crippen LogP) is 24.5. The van der Waals surface area contributed by atoms with E-state index < -0.39 is 6.10 Å². The molecule has 78 heavy (non-hydrogen) atoms. The molecule has 0 saturated heterocycles. The van der Waals surface area contributed by atoms with Crippen LogP contribution in [-0.2, 0) is 19.1 Å². The number of hydrogen-bond donors (Lipinski definition) is 1. The summed E-state index contributed by atoms with van der Waals surface area (Å²) in [6.45, 7) is 4.19. The van der Waals surface area contributed by atoms with E-state index in [1.807, 2.05) is 0 Å². The Labute approximate surface area is 488 Å². The minimum Gasteiger partial charge on any atom is -0.462 e. The third-order valence-corrected chi connectivity index (χ3v) is 16.4. The molecule has 0 bridgehead atoms. The summed E-state index contributed by atoms with van der Waals surface area (Å²) in [5.41, 5.74) is 0. The van der Waals surface area contributed by atoms with Gasteiger partial charge in [0.1, 0.15) is 6.61 Å². The van der Waals surface area contributed by atoms with Gasteiger partial charge >= 0.3 is 11.9 Å². The number of rotatable bonds is 67. The van der Waals surface area contributed by atoms with Gasteiger partial charge in [0.25, 0.3) is 0 Å². The molecule has 1 N–H and O–H groups in total. The molecular weight excluding hydrogens is 957 g/mol. The molecule has 0 aromatic rings. The normalized spacial score (nSPS) is 12.3. The molecule has 0 fully saturated rings. The smallest absolute Gasteiger partial charge is 0.306 e. The maximum absolute atomic E-state index is 12.3. The Kier molecular flexibility index (Phi) is 67.7. The van der Waals surface area contributed by atoms with Gasteiger partial charge in [-0.3, -0.25) is 9.59 Å². The Hall–Kier alpha value is -1.88. The van der Waals surface area contributed by atoms with E-state index in [-0.39, 0.29) is 25.2 Å². The minimum absolute atomic E-state index is 0.0604. The average molecular weight is 1100 g/mol. The monoisotopic (exact) mass is 1100 g/mol. The molecule has 0 aromatic carbocycles. The molecule has 1 atom stereocenters. The lowest BCUT2D eigenvalue weighted by Gasteiger charge is -2.15. The summed E-state index contributed by atoms with van der Waals surface area (Å²) < 4.78 is 10.8. The first-order chi connectivity index (χ1) is 38.6. The molecule has 0 spiro atoms. The Bertz CT molecular complexity index is 1240. The van der Waals surface area contributed by atoms with Gasteiger partial charge in [-0.15, -0.1) is 0 Å². The van der Waals surface area contributed by atoms with Crippen molar-refractivity contribution in [3.8, 4) is 0 Å². The van der Waals surface area contributed by atoms with Crippen molar-refractivity contribution in [3.05, 3.63) is 36.5 Å². The van der Waals surface area contributed by atoms with E-state index in [2.05, 4.69) is 50.3 Å². The van der Waals surface area contributed by atoms with Crippen molar-refractivity contribution in [3.63, 3.8) is 0 Å². The summed E-state index contributed by atoms with van der Waals surface area (Å²) in [6.07, 6.45) is 92.0. The second kappa shape index (κ2) is 69.4. The van der Waals surface area contributed by atoms with Crippen LogP contribution in [-0.4, -0.2) is 36.4 Å². The first kappa shape index (κ1) is 76.1. The van der Waals surface area contributed by atoms with Gasteiger partial charge in [-0.05, 0) is 70.6 Å². The van der Waals surface area contributed by atoms with Crippen LogP contribution >= 0.6 is 0 Å². The number of esters is 2. The molecule has 0 saturated carbocycles. The number of carbonyl (C=O) groups is 2. The quantitative estimate of drug-likeness (QED) is 0.0373. The van der Waals surface area contributed by atoms with Crippen molar-refractivity contribution >= 4 is 11.9 Å². The van der Waals surface area contributed by atoms with E-state index in [1.165, 1.54) is 334 Å². The maximum Gasteiger partial charge on any atom is 0.306 e. The highest BCUT2D eigenvalue weighted by molar-refractivity contribution is 5.70. The van der Waals surface area contributed by atoms with Gasteiger partial charge in [-0.2, -0.15) is 0 Å². The number of aliphatic hydroxyl groups excluding tert-OH is 1. The number of carbonyl (C=O) groups excluding carboxylic acids is 2. The molecule has 5 heteroatoms. The summed E-state index contributed by atoms with van der Waals surface area (Å²) >= 11 is 0. The largest absolute Gasteiger partial charge is 0.462 e. The molecule has 0 radical (unpaired) electrons. The first-order valence-electron chi connectivity index (χ1n) is 35.5. The number of hydrogen-bond acceptors (Lipinski definition) is 5. The van der Waals surface area contributed by atoms with Crippen molar-refractivity contribution in [1.82, 2.24) is 0 Å². The number of ether oxygens (including phenoxy) is 2. The molecule has 0 aliphatic rings. The van der Waals surface area contributed by atoms with Gasteiger partial charge in [0, 0.05) is 12.8 Å². The zero-order valence-corrected chi connectivity index (χ0v) is 53.0. The molecular formula is C73H138O5. The summed E-state index contributed by atoms with van der Waals surface area (Å²) in [7, 11) is 0.